The van der Waals surface area contributed by atoms with Crippen LogP contribution in [0.2, 0.25) is 0 Å². The Kier molecular flexibility index (Phi) is 3.66. The molecule has 1 heterocycles. The van der Waals surface area contributed by atoms with Gasteiger partial charge in [0.1, 0.15) is 0 Å². The first-order chi connectivity index (χ1) is 8.97. The maximum atomic E-state index is 11.9. The van der Waals surface area contributed by atoms with Gasteiger partial charge in [0.2, 0.25) is 0 Å². The van der Waals surface area contributed by atoms with Gasteiger partial charge in [-0.3, -0.25) is 4.79 Å². The third-order valence-corrected chi connectivity index (χ3v) is 3.17. The zero-order valence-corrected chi connectivity index (χ0v) is 11.5. The van der Waals surface area contributed by atoms with Gasteiger partial charge in [0, 0.05) is 10.5 Å². The Morgan fingerprint density at radius 2 is 2.11 bits per heavy atom. The summed E-state index contributed by atoms with van der Waals surface area (Å²) in [6.45, 7) is 1.90. The summed E-state index contributed by atoms with van der Waals surface area (Å²) >= 11 is 3.33. The van der Waals surface area contributed by atoms with E-state index in [1.54, 1.807) is 6.07 Å². The van der Waals surface area contributed by atoms with Crippen LogP contribution in [-0.4, -0.2) is 15.8 Å². The van der Waals surface area contributed by atoms with Gasteiger partial charge in [0.05, 0.1) is 5.69 Å². The first-order valence-corrected chi connectivity index (χ1v) is 6.17. The number of nitrogens with one attached hydrogen (secondary N) is 2. The molecular formula is C12H10BrN3O3. The first kappa shape index (κ1) is 13.3. The van der Waals surface area contributed by atoms with E-state index < -0.39 is 10.8 Å². The molecule has 7 heteroatoms. The number of benzene rings is 1. The second-order valence-corrected chi connectivity index (χ2v) is 4.81. The number of rotatable bonds is 3. The van der Waals surface area contributed by atoms with Crippen LogP contribution >= 0.6 is 15.9 Å². The molecule has 0 spiro atoms. The summed E-state index contributed by atoms with van der Waals surface area (Å²) in [5.74, 6) is -0.646. The molecule has 0 fully saturated rings. The lowest BCUT2D eigenvalue weighted by atomic mass is 10.2. The lowest BCUT2D eigenvalue weighted by Crippen LogP contribution is -2.12. The average Bonchev–Trinajstić information content (AvgIpc) is 2.83. The molecular weight excluding hydrogens is 314 g/mol. The van der Waals surface area contributed by atoms with E-state index in [1.165, 1.54) is 12.1 Å². The monoisotopic (exact) mass is 323 g/mol. The van der Waals surface area contributed by atoms with Crippen LogP contribution in [0.4, 0.5) is 11.5 Å². The van der Waals surface area contributed by atoms with E-state index in [0.717, 1.165) is 10.0 Å². The zero-order chi connectivity index (χ0) is 14.0. The highest BCUT2D eigenvalue weighted by Crippen LogP contribution is 2.24. The fourth-order valence-corrected chi connectivity index (χ4v) is 1.89. The van der Waals surface area contributed by atoms with Gasteiger partial charge in [-0.1, -0.05) is 6.07 Å². The molecule has 6 nitrogen and oxygen atoms in total. The van der Waals surface area contributed by atoms with Crippen LogP contribution < -0.4 is 5.32 Å². The summed E-state index contributed by atoms with van der Waals surface area (Å²) in [6, 6.07) is 8.15. The van der Waals surface area contributed by atoms with Crippen molar-refractivity contribution in [1.82, 2.24) is 4.98 Å². The number of nitrogens with zero attached hydrogens (tertiary/aromatic N) is 1. The highest BCUT2D eigenvalue weighted by atomic mass is 79.9. The molecule has 1 aromatic heterocycles. The van der Waals surface area contributed by atoms with Crippen molar-refractivity contribution >= 4 is 33.3 Å². The van der Waals surface area contributed by atoms with Crippen molar-refractivity contribution in [2.24, 2.45) is 0 Å². The molecule has 2 N–H and O–H groups in total. The minimum atomic E-state index is -0.584. The number of hydrogen-bond acceptors (Lipinski definition) is 3. The number of nitro groups is 1. The van der Waals surface area contributed by atoms with Crippen molar-refractivity contribution in [3.8, 4) is 0 Å². The van der Waals surface area contributed by atoms with Gasteiger partial charge in [-0.15, -0.1) is 0 Å². The molecule has 19 heavy (non-hydrogen) atoms. The fourth-order valence-electron chi connectivity index (χ4n) is 1.55. The molecule has 0 saturated heterocycles. The van der Waals surface area contributed by atoms with Crippen LogP contribution in [0.15, 0.2) is 34.8 Å². The maximum absolute atomic E-state index is 11.9. The van der Waals surface area contributed by atoms with Gasteiger partial charge < -0.3 is 15.4 Å². The van der Waals surface area contributed by atoms with Crippen LogP contribution in [0, 0.1) is 17.0 Å². The van der Waals surface area contributed by atoms with E-state index in [4.69, 9.17) is 0 Å². The Balaban J connectivity index is 2.20. The summed E-state index contributed by atoms with van der Waals surface area (Å²) in [7, 11) is 0. The second kappa shape index (κ2) is 5.23. The van der Waals surface area contributed by atoms with Crippen LogP contribution in [0.1, 0.15) is 16.1 Å². The number of H-pyrrole nitrogens is 1. The molecule has 0 aliphatic rings. The standard InChI is InChI=1S/C12H10BrN3O3/c1-7-2-3-8(13)10(6-7)15-12(17)9-4-5-11(14-9)16(18)19/h2-6,14H,1H3,(H,15,17). The van der Waals surface area contributed by atoms with E-state index >= 15 is 0 Å². The van der Waals surface area contributed by atoms with E-state index in [9.17, 15) is 14.9 Å². The Bertz CT molecular complexity index is 651. The minimum absolute atomic E-state index is 0.139. The third kappa shape index (κ3) is 3.00. The number of amides is 1. The normalized spacial score (nSPS) is 10.2. The van der Waals surface area contributed by atoms with Gasteiger partial charge in [0.15, 0.2) is 5.69 Å². The van der Waals surface area contributed by atoms with Crippen molar-refractivity contribution < 1.29 is 9.72 Å². The number of anilines is 1. The summed E-state index contributed by atoms with van der Waals surface area (Å²) in [5, 5.41) is 13.2. The molecule has 0 aliphatic heterocycles. The number of aryl methyl sites for hydroxylation is 1. The average molecular weight is 324 g/mol. The quantitative estimate of drug-likeness (QED) is 0.671. The van der Waals surface area contributed by atoms with Crippen molar-refractivity contribution in [3.63, 3.8) is 0 Å². The molecule has 2 aromatic rings. The molecule has 0 radical (unpaired) electrons. The number of aromatic nitrogens is 1. The molecule has 98 valence electrons. The summed E-state index contributed by atoms with van der Waals surface area (Å²) < 4.78 is 0.743. The number of carbonyl (C=O) groups is 1. The van der Waals surface area contributed by atoms with E-state index in [0.29, 0.717) is 5.69 Å². The van der Waals surface area contributed by atoms with Gasteiger partial charge >= 0.3 is 5.82 Å². The topological polar surface area (TPSA) is 88.0 Å². The molecule has 0 aliphatic carbocycles. The molecule has 0 unspecified atom stereocenters. The first-order valence-electron chi connectivity index (χ1n) is 5.38. The van der Waals surface area contributed by atoms with E-state index in [2.05, 4.69) is 26.2 Å². The van der Waals surface area contributed by atoms with Gasteiger partial charge in [-0.05, 0) is 51.5 Å². The number of carbonyl (C=O) groups excluding carboxylic acids is 1. The minimum Gasteiger partial charge on any atom is -0.358 e. The highest BCUT2D eigenvalue weighted by molar-refractivity contribution is 9.10. The van der Waals surface area contributed by atoms with E-state index in [-0.39, 0.29) is 11.5 Å². The molecule has 1 amide bonds. The van der Waals surface area contributed by atoms with Gasteiger partial charge in [-0.2, -0.15) is 0 Å². The van der Waals surface area contributed by atoms with Crippen molar-refractivity contribution in [3.05, 3.63) is 56.2 Å². The van der Waals surface area contributed by atoms with Crippen LogP contribution in [-0.2, 0) is 0 Å². The Hall–Kier alpha value is -2.15. The number of halogens is 1. The molecule has 0 saturated carbocycles. The predicted octanol–water partition coefficient (Wildman–Crippen LogP) is 3.25. The van der Waals surface area contributed by atoms with Crippen LogP contribution in [0.3, 0.4) is 0 Å². The number of hydrogen-bond donors (Lipinski definition) is 2. The van der Waals surface area contributed by atoms with E-state index in [1.807, 2.05) is 19.1 Å². The van der Waals surface area contributed by atoms with Gasteiger partial charge in [0.25, 0.3) is 5.91 Å². The summed E-state index contributed by atoms with van der Waals surface area (Å²) in [6.07, 6.45) is 0. The fraction of sp³-hybridized carbons (Fsp3) is 0.0833. The smallest absolute Gasteiger partial charge is 0.321 e. The van der Waals surface area contributed by atoms with Gasteiger partial charge in [-0.25, -0.2) is 4.98 Å². The Morgan fingerprint density at radius 1 is 1.37 bits per heavy atom. The molecule has 2 rings (SSSR count). The zero-order valence-electron chi connectivity index (χ0n) is 9.94. The molecule has 1 aromatic carbocycles. The third-order valence-electron chi connectivity index (χ3n) is 2.48. The van der Waals surface area contributed by atoms with Crippen molar-refractivity contribution in [2.45, 2.75) is 6.92 Å². The van der Waals surface area contributed by atoms with Crippen LogP contribution in [0.25, 0.3) is 0 Å². The van der Waals surface area contributed by atoms with Crippen molar-refractivity contribution in [2.75, 3.05) is 5.32 Å². The summed E-state index contributed by atoms with van der Waals surface area (Å²) in [5.41, 5.74) is 1.75. The maximum Gasteiger partial charge on any atom is 0.321 e. The Labute approximate surface area is 117 Å². The SMILES string of the molecule is Cc1ccc(Br)c(NC(=O)c2ccc([N+](=O)[O-])[nH]2)c1. The lowest BCUT2D eigenvalue weighted by molar-refractivity contribution is -0.389. The second-order valence-electron chi connectivity index (χ2n) is 3.95. The van der Waals surface area contributed by atoms with Crippen LogP contribution in [0.5, 0.6) is 0 Å². The molecule has 0 bridgehead atoms. The summed E-state index contributed by atoms with van der Waals surface area (Å²) in [4.78, 5) is 24.3. The molecule has 0 atom stereocenters. The van der Waals surface area contributed by atoms with Crippen molar-refractivity contribution in [1.29, 1.82) is 0 Å². The largest absolute Gasteiger partial charge is 0.358 e. The lowest BCUT2D eigenvalue weighted by Gasteiger charge is -2.06. The predicted molar refractivity (Wildman–Crippen MR) is 74.3 cm³/mol. The Morgan fingerprint density at radius 3 is 2.74 bits per heavy atom. The highest BCUT2D eigenvalue weighted by Gasteiger charge is 2.16. The number of aromatic amines is 1.